The highest BCUT2D eigenvalue weighted by Crippen LogP contribution is 2.37. The molecule has 0 radical (unpaired) electrons. The summed E-state index contributed by atoms with van der Waals surface area (Å²) in [6, 6.07) is 17.4. The summed E-state index contributed by atoms with van der Waals surface area (Å²) in [4.78, 5) is 24.3. The van der Waals surface area contributed by atoms with Crippen molar-refractivity contribution < 1.29 is 19.4 Å². The Labute approximate surface area is 255 Å². The van der Waals surface area contributed by atoms with Gasteiger partial charge in [0.25, 0.3) is 0 Å². The molecule has 43 heavy (non-hydrogen) atoms. The maximum atomic E-state index is 12.7. The SMILES string of the molecule is CC=Nc1cc(-c2cccc(OCc3ccccc3)n2)nn1/C(=C(\CC)C(OC(C)(C)C)C(=O)O)N1CCC(C)(C)CC1. The Morgan fingerprint density at radius 1 is 1.09 bits per heavy atom. The average molecular weight is 588 g/mol. The van der Waals surface area contributed by atoms with Crippen LogP contribution in [0.2, 0.25) is 0 Å². The number of pyridine rings is 1. The van der Waals surface area contributed by atoms with E-state index in [0.29, 0.717) is 47.5 Å². The van der Waals surface area contributed by atoms with Crippen LogP contribution in [-0.2, 0) is 16.1 Å². The van der Waals surface area contributed by atoms with Gasteiger partial charge < -0.3 is 19.5 Å². The fourth-order valence-electron chi connectivity index (χ4n) is 5.13. The molecule has 1 atom stereocenters. The minimum Gasteiger partial charge on any atom is -0.479 e. The highest BCUT2D eigenvalue weighted by molar-refractivity contribution is 5.79. The molecule has 1 aromatic carbocycles. The summed E-state index contributed by atoms with van der Waals surface area (Å²) < 4.78 is 13.9. The molecular formula is C34H45N5O4. The standard InChI is InChI=1S/C34H45N5O4/c1-8-25(30(32(40)41)43-33(3,4)5)31(38-20-18-34(6,7)19-21-38)39-28(35-9-2)22-27(37-39)26-16-13-17-29(36-26)42-23-24-14-11-10-12-15-24/h9-17,22,30H,8,18-21,23H2,1-7H3,(H,40,41)/b31-25+,35-9?. The van der Waals surface area contributed by atoms with Gasteiger partial charge in [-0.05, 0) is 64.0 Å². The van der Waals surface area contributed by atoms with Crippen molar-refractivity contribution in [1.82, 2.24) is 19.7 Å². The number of hydrogen-bond acceptors (Lipinski definition) is 7. The second-order valence-electron chi connectivity index (χ2n) is 12.6. The van der Waals surface area contributed by atoms with Crippen molar-refractivity contribution in [3.05, 3.63) is 65.7 Å². The van der Waals surface area contributed by atoms with Crippen LogP contribution in [0.4, 0.5) is 5.82 Å². The molecule has 0 saturated carbocycles. The van der Waals surface area contributed by atoms with E-state index in [-0.39, 0.29) is 5.41 Å². The van der Waals surface area contributed by atoms with Gasteiger partial charge in [-0.2, -0.15) is 9.78 Å². The maximum Gasteiger partial charge on any atom is 0.337 e. The Morgan fingerprint density at radius 3 is 2.40 bits per heavy atom. The number of aromatic nitrogens is 3. The molecule has 9 heteroatoms. The molecule has 1 unspecified atom stereocenters. The van der Waals surface area contributed by atoms with Gasteiger partial charge in [-0.3, -0.25) is 0 Å². The van der Waals surface area contributed by atoms with Gasteiger partial charge >= 0.3 is 5.97 Å². The Balaban J connectivity index is 1.81. The predicted octanol–water partition coefficient (Wildman–Crippen LogP) is 7.22. The molecule has 3 heterocycles. The molecule has 3 aromatic rings. The first-order chi connectivity index (χ1) is 20.4. The van der Waals surface area contributed by atoms with Crippen LogP contribution in [-0.4, -0.2) is 61.7 Å². The third-order valence-corrected chi connectivity index (χ3v) is 7.46. The minimum absolute atomic E-state index is 0.200. The van der Waals surface area contributed by atoms with E-state index >= 15 is 0 Å². The van der Waals surface area contributed by atoms with E-state index in [2.05, 4.69) is 23.7 Å². The maximum absolute atomic E-state index is 12.7. The molecule has 1 saturated heterocycles. The molecule has 1 aliphatic rings. The molecule has 0 aliphatic carbocycles. The normalized spacial score (nSPS) is 16.7. The Hall–Kier alpha value is -3.98. The van der Waals surface area contributed by atoms with Gasteiger partial charge in [0.05, 0.1) is 11.3 Å². The lowest BCUT2D eigenvalue weighted by Gasteiger charge is -2.40. The second-order valence-corrected chi connectivity index (χ2v) is 12.6. The number of carboxylic acids is 1. The van der Waals surface area contributed by atoms with Crippen molar-refractivity contribution >= 4 is 23.8 Å². The zero-order valence-electron chi connectivity index (χ0n) is 26.5. The molecule has 2 aromatic heterocycles. The van der Waals surface area contributed by atoms with E-state index in [1.54, 1.807) is 10.9 Å². The Morgan fingerprint density at radius 2 is 1.79 bits per heavy atom. The van der Waals surface area contributed by atoms with Crippen LogP contribution in [0.25, 0.3) is 17.2 Å². The Kier molecular flexibility index (Phi) is 10.1. The summed E-state index contributed by atoms with van der Waals surface area (Å²) in [6.45, 7) is 15.9. The van der Waals surface area contributed by atoms with E-state index in [1.165, 1.54) is 0 Å². The number of carbonyl (C=O) groups is 1. The smallest absolute Gasteiger partial charge is 0.337 e. The number of benzene rings is 1. The average Bonchev–Trinajstić information content (AvgIpc) is 3.38. The fourth-order valence-corrected chi connectivity index (χ4v) is 5.13. The molecule has 230 valence electrons. The summed E-state index contributed by atoms with van der Waals surface area (Å²) >= 11 is 0. The Bertz CT molecular complexity index is 1440. The topological polar surface area (TPSA) is 102 Å². The largest absolute Gasteiger partial charge is 0.479 e. The van der Waals surface area contributed by atoms with Crippen molar-refractivity contribution in [2.45, 2.75) is 86.0 Å². The molecule has 1 N–H and O–H groups in total. The van der Waals surface area contributed by atoms with Crippen molar-refractivity contribution in [2.24, 2.45) is 10.4 Å². The number of hydrogen-bond donors (Lipinski definition) is 1. The number of likely N-dealkylation sites (tertiary alicyclic amines) is 1. The van der Waals surface area contributed by atoms with Gasteiger partial charge in [0.1, 0.15) is 18.1 Å². The first-order valence-corrected chi connectivity index (χ1v) is 15.0. The van der Waals surface area contributed by atoms with E-state index < -0.39 is 17.7 Å². The fraction of sp³-hybridized carbons (Fsp3) is 0.471. The van der Waals surface area contributed by atoms with Gasteiger partial charge in [-0.25, -0.2) is 14.8 Å². The summed E-state index contributed by atoms with van der Waals surface area (Å²) in [6.07, 6.45) is 2.97. The van der Waals surface area contributed by atoms with Crippen LogP contribution in [0.5, 0.6) is 5.88 Å². The van der Waals surface area contributed by atoms with Crippen LogP contribution >= 0.6 is 0 Å². The highest BCUT2D eigenvalue weighted by Gasteiger charge is 2.35. The van der Waals surface area contributed by atoms with Gasteiger partial charge in [0.2, 0.25) is 5.88 Å². The predicted molar refractivity (Wildman–Crippen MR) is 170 cm³/mol. The third kappa shape index (κ3) is 8.32. The van der Waals surface area contributed by atoms with Gasteiger partial charge in [-0.15, -0.1) is 0 Å². The van der Waals surface area contributed by atoms with Crippen LogP contribution in [0, 0.1) is 5.41 Å². The van der Waals surface area contributed by atoms with Crippen molar-refractivity contribution in [3.8, 4) is 17.3 Å². The second kappa shape index (κ2) is 13.5. The highest BCUT2D eigenvalue weighted by atomic mass is 16.5. The molecule has 1 fully saturated rings. The van der Waals surface area contributed by atoms with Crippen LogP contribution in [0.15, 0.2) is 65.2 Å². The summed E-state index contributed by atoms with van der Waals surface area (Å²) in [5.41, 5.74) is 2.48. The van der Waals surface area contributed by atoms with Crippen molar-refractivity contribution in [1.29, 1.82) is 0 Å². The molecule has 0 spiro atoms. The minimum atomic E-state index is -1.14. The molecular weight excluding hydrogens is 542 g/mol. The number of aliphatic imine (C=N–C) groups is 1. The zero-order chi connectivity index (χ0) is 31.2. The summed E-state index contributed by atoms with van der Waals surface area (Å²) in [7, 11) is 0. The van der Waals surface area contributed by atoms with E-state index in [0.717, 1.165) is 31.5 Å². The number of piperidine rings is 1. The van der Waals surface area contributed by atoms with Crippen LogP contribution < -0.4 is 4.74 Å². The lowest BCUT2D eigenvalue weighted by Crippen LogP contribution is -2.41. The van der Waals surface area contributed by atoms with E-state index in [1.807, 2.05) is 89.2 Å². The van der Waals surface area contributed by atoms with E-state index in [9.17, 15) is 9.90 Å². The first kappa shape index (κ1) is 31.9. The first-order valence-electron chi connectivity index (χ1n) is 15.0. The molecule has 9 nitrogen and oxygen atoms in total. The number of carboxylic acid groups (broad SMARTS) is 1. The van der Waals surface area contributed by atoms with Gasteiger partial charge in [0, 0.05) is 37.0 Å². The monoisotopic (exact) mass is 587 g/mol. The third-order valence-electron chi connectivity index (χ3n) is 7.46. The van der Waals surface area contributed by atoms with Crippen molar-refractivity contribution in [3.63, 3.8) is 0 Å². The molecule has 0 amide bonds. The quantitative estimate of drug-likeness (QED) is 0.236. The summed E-state index contributed by atoms with van der Waals surface area (Å²) in [5.74, 6) is 0.752. The van der Waals surface area contributed by atoms with Crippen LogP contribution in [0.1, 0.15) is 73.3 Å². The molecule has 1 aliphatic heterocycles. The van der Waals surface area contributed by atoms with Gasteiger partial charge in [0.15, 0.2) is 11.9 Å². The van der Waals surface area contributed by atoms with E-state index in [4.69, 9.17) is 19.6 Å². The zero-order valence-corrected chi connectivity index (χ0v) is 26.5. The van der Waals surface area contributed by atoms with Gasteiger partial charge in [-0.1, -0.05) is 57.2 Å². The molecule has 0 bridgehead atoms. The lowest BCUT2D eigenvalue weighted by atomic mass is 9.82. The number of ether oxygens (including phenoxy) is 2. The lowest BCUT2D eigenvalue weighted by molar-refractivity contribution is -0.155. The number of nitrogens with zero attached hydrogens (tertiary/aromatic N) is 5. The van der Waals surface area contributed by atoms with Crippen LogP contribution in [0.3, 0.4) is 0 Å². The number of aliphatic carboxylic acids is 1. The number of rotatable bonds is 11. The van der Waals surface area contributed by atoms with Crippen molar-refractivity contribution in [2.75, 3.05) is 13.1 Å². The summed E-state index contributed by atoms with van der Waals surface area (Å²) in [5, 5.41) is 15.4. The molecule has 4 rings (SSSR count).